The molecule has 0 aliphatic heterocycles. The van der Waals surface area contributed by atoms with Gasteiger partial charge in [-0.3, -0.25) is 4.79 Å². The second-order valence-corrected chi connectivity index (χ2v) is 6.37. The summed E-state index contributed by atoms with van der Waals surface area (Å²) in [5.74, 6) is 0.790. The van der Waals surface area contributed by atoms with Crippen molar-refractivity contribution in [1.29, 1.82) is 0 Å². The van der Waals surface area contributed by atoms with E-state index in [1.165, 1.54) is 30.4 Å². The maximum Gasteiger partial charge on any atom is 0.151 e. The number of ether oxygens (including phenoxy) is 1. The van der Waals surface area contributed by atoms with E-state index >= 15 is 0 Å². The van der Waals surface area contributed by atoms with Crippen LogP contribution in [0.15, 0.2) is 23.5 Å². The molecule has 0 aromatic carbocycles. The molecule has 0 saturated heterocycles. The number of hydrogen-bond acceptors (Lipinski definition) is 2. The van der Waals surface area contributed by atoms with Gasteiger partial charge in [-0.15, -0.1) is 0 Å². The standard InChI is InChI=1S/C16H22O2/c1-11(2)9-16-12(10-18-3)6-8-15(16)7-4-5-13(15)14(16)17/h9-10,13H,4-8H2,1-3H3/b12-10+/t13-,15+,16-/m1/s1. The molecule has 0 heterocycles. The Morgan fingerprint density at radius 2 is 2.17 bits per heavy atom. The van der Waals surface area contributed by atoms with Crippen LogP contribution in [0.3, 0.4) is 0 Å². The molecule has 0 bridgehead atoms. The molecular weight excluding hydrogens is 224 g/mol. The Morgan fingerprint density at radius 1 is 1.39 bits per heavy atom. The fourth-order valence-corrected chi connectivity index (χ4v) is 4.93. The van der Waals surface area contributed by atoms with Crippen LogP contribution in [-0.4, -0.2) is 12.9 Å². The van der Waals surface area contributed by atoms with Crippen LogP contribution in [0.25, 0.3) is 0 Å². The minimum atomic E-state index is -0.303. The van der Waals surface area contributed by atoms with Gasteiger partial charge in [-0.25, -0.2) is 0 Å². The van der Waals surface area contributed by atoms with Gasteiger partial charge in [-0.05, 0) is 45.1 Å². The first-order valence-corrected chi connectivity index (χ1v) is 7.01. The first-order chi connectivity index (χ1) is 8.58. The van der Waals surface area contributed by atoms with Crippen LogP contribution in [0, 0.1) is 16.7 Å². The van der Waals surface area contributed by atoms with E-state index in [0.29, 0.717) is 11.7 Å². The van der Waals surface area contributed by atoms with Crippen molar-refractivity contribution in [1.82, 2.24) is 0 Å². The van der Waals surface area contributed by atoms with Gasteiger partial charge in [0.2, 0.25) is 0 Å². The van der Waals surface area contributed by atoms with E-state index in [-0.39, 0.29) is 10.8 Å². The zero-order valence-electron chi connectivity index (χ0n) is 11.6. The van der Waals surface area contributed by atoms with Crippen molar-refractivity contribution in [2.45, 2.75) is 46.0 Å². The van der Waals surface area contributed by atoms with Crippen molar-refractivity contribution in [2.75, 3.05) is 7.11 Å². The van der Waals surface area contributed by atoms with Gasteiger partial charge in [0.25, 0.3) is 0 Å². The second kappa shape index (κ2) is 3.72. The quantitative estimate of drug-likeness (QED) is 0.549. The smallest absolute Gasteiger partial charge is 0.151 e. The Bertz CT molecular complexity index is 456. The molecule has 2 heteroatoms. The highest BCUT2D eigenvalue weighted by Crippen LogP contribution is 2.75. The van der Waals surface area contributed by atoms with Gasteiger partial charge < -0.3 is 4.74 Å². The summed E-state index contributed by atoms with van der Waals surface area (Å²) in [6.07, 6.45) is 9.80. The lowest BCUT2D eigenvalue weighted by molar-refractivity contribution is -0.156. The van der Waals surface area contributed by atoms with Gasteiger partial charge in [0, 0.05) is 11.3 Å². The molecular formula is C16H22O2. The van der Waals surface area contributed by atoms with E-state index in [1.54, 1.807) is 7.11 Å². The summed E-state index contributed by atoms with van der Waals surface area (Å²) in [6.45, 7) is 4.20. The molecule has 3 aliphatic carbocycles. The monoisotopic (exact) mass is 246 g/mol. The van der Waals surface area contributed by atoms with Crippen LogP contribution in [0.5, 0.6) is 0 Å². The minimum Gasteiger partial charge on any atom is -0.504 e. The maximum atomic E-state index is 12.7. The van der Waals surface area contributed by atoms with E-state index in [1.807, 2.05) is 6.26 Å². The number of allylic oxidation sites excluding steroid dienone is 3. The van der Waals surface area contributed by atoms with E-state index in [4.69, 9.17) is 4.74 Å². The third kappa shape index (κ3) is 1.12. The fraction of sp³-hybridized carbons (Fsp3) is 0.688. The summed E-state index contributed by atoms with van der Waals surface area (Å²) in [7, 11) is 1.68. The number of carbonyl (C=O) groups excluding carboxylic acids is 1. The van der Waals surface area contributed by atoms with Crippen molar-refractivity contribution >= 4 is 5.78 Å². The average Bonchev–Trinajstić information content (AvgIpc) is 2.83. The third-order valence-corrected chi connectivity index (χ3v) is 5.39. The van der Waals surface area contributed by atoms with Gasteiger partial charge in [-0.2, -0.15) is 0 Å². The van der Waals surface area contributed by atoms with Gasteiger partial charge in [0.15, 0.2) is 5.78 Å². The average molecular weight is 246 g/mol. The Morgan fingerprint density at radius 3 is 2.83 bits per heavy atom. The number of carbonyl (C=O) groups is 1. The van der Waals surface area contributed by atoms with Crippen molar-refractivity contribution in [3.05, 3.63) is 23.5 Å². The molecule has 3 saturated carbocycles. The second-order valence-electron chi connectivity index (χ2n) is 6.37. The van der Waals surface area contributed by atoms with Gasteiger partial charge in [0.05, 0.1) is 18.8 Å². The summed E-state index contributed by atoms with van der Waals surface area (Å²) in [4.78, 5) is 12.7. The number of rotatable bonds is 2. The maximum absolute atomic E-state index is 12.7. The lowest BCUT2D eigenvalue weighted by Gasteiger charge is -2.56. The Hall–Kier alpha value is -1.05. The molecule has 1 spiro atoms. The largest absolute Gasteiger partial charge is 0.504 e. The van der Waals surface area contributed by atoms with Gasteiger partial charge >= 0.3 is 0 Å². The SMILES string of the molecule is CO/C=C1\CC[C@@]23CCC[C@@H]2C(=O)[C@@]13C=C(C)C. The number of Topliss-reactive ketones (excluding diaryl/α,β-unsaturated/α-hetero) is 1. The molecule has 0 unspecified atom stereocenters. The lowest BCUT2D eigenvalue weighted by atomic mass is 9.44. The topological polar surface area (TPSA) is 26.3 Å². The van der Waals surface area contributed by atoms with Crippen molar-refractivity contribution in [3.8, 4) is 0 Å². The van der Waals surface area contributed by atoms with E-state index in [2.05, 4.69) is 19.9 Å². The summed E-state index contributed by atoms with van der Waals surface area (Å²) < 4.78 is 5.23. The van der Waals surface area contributed by atoms with Crippen LogP contribution in [0.1, 0.15) is 46.0 Å². The van der Waals surface area contributed by atoms with Crippen LogP contribution in [0.4, 0.5) is 0 Å². The first kappa shape index (κ1) is 12.0. The van der Waals surface area contributed by atoms with Gasteiger partial charge in [-0.1, -0.05) is 18.1 Å². The van der Waals surface area contributed by atoms with E-state index in [9.17, 15) is 4.79 Å². The highest BCUT2D eigenvalue weighted by Gasteiger charge is 2.75. The fourth-order valence-electron chi connectivity index (χ4n) is 4.93. The number of ketones is 1. The van der Waals surface area contributed by atoms with Crippen molar-refractivity contribution in [3.63, 3.8) is 0 Å². The number of methoxy groups -OCH3 is 1. The molecule has 3 fully saturated rings. The molecule has 0 amide bonds. The van der Waals surface area contributed by atoms with Crippen LogP contribution in [0.2, 0.25) is 0 Å². The third-order valence-electron chi connectivity index (χ3n) is 5.39. The predicted molar refractivity (Wildman–Crippen MR) is 71.0 cm³/mol. The highest BCUT2D eigenvalue weighted by atomic mass is 16.5. The van der Waals surface area contributed by atoms with E-state index in [0.717, 1.165) is 12.8 Å². The van der Waals surface area contributed by atoms with Gasteiger partial charge in [0.1, 0.15) is 0 Å². The molecule has 98 valence electrons. The Balaban J connectivity index is 2.15. The molecule has 3 atom stereocenters. The minimum absolute atomic E-state index is 0.242. The molecule has 18 heavy (non-hydrogen) atoms. The Kier molecular flexibility index (Phi) is 2.48. The number of hydrogen-bond donors (Lipinski definition) is 0. The molecule has 0 radical (unpaired) electrons. The van der Waals surface area contributed by atoms with Crippen LogP contribution >= 0.6 is 0 Å². The first-order valence-electron chi connectivity index (χ1n) is 7.01. The molecule has 3 aliphatic rings. The normalized spacial score (nSPS) is 43.4. The summed E-state index contributed by atoms with van der Waals surface area (Å²) >= 11 is 0. The van der Waals surface area contributed by atoms with Crippen LogP contribution in [-0.2, 0) is 9.53 Å². The van der Waals surface area contributed by atoms with E-state index < -0.39 is 0 Å². The summed E-state index contributed by atoms with van der Waals surface area (Å²) in [5.41, 5.74) is 2.40. The predicted octanol–water partition coefficient (Wildman–Crippen LogP) is 3.63. The van der Waals surface area contributed by atoms with Crippen LogP contribution < -0.4 is 0 Å². The molecule has 0 N–H and O–H groups in total. The molecule has 2 nitrogen and oxygen atoms in total. The summed E-state index contributed by atoms with van der Waals surface area (Å²) in [6, 6.07) is 0. The molecule has 3 rings (SSSR count). The zero-order chi connectivity index (χ0) is 13.0. The Labute approximate surface area is 109 Å². The lowest BCUT2D eigenvalue weighted by Crippen LogP contribution is -2.60. The van der Waals surface area contributed by atoms with Crippen molar-refractivity contribution < 1.29 is 9.53 Å². The summed E-state index contributed by atoms with van der Waals surface area (Å²) in [5, 5.41) is 0. The zero-order valence-corrected chi connectivity index (χ0v) is 11.6. The molecule has 0 aromatic heterocycles. The highest BCUT2D eigenvalue weighted by molar-refractivity contribution is 6.01. The van der Waals surface area contributed by atoms with Crippen molar-refractivity contribution in [2.24, 2.45) is 16.7 Å². The molecule has 0 aromatic rings.